The second-order valence-electron chi connectivity index (χ2n) is 9.23. The molecule has 0 bridgehead atoms. The predicted octanol–water partition coefficient (Wildman–Crippen LogP) is 4.65. The van der Waals surface area contributed by atoms with Crippen molar-refractivity contribution in [1.29, 1.82) is 0 Å². The number of amides is 2. The van der Waals surface area contributed by atoms with Gasteiger partial charge in [-0.3, -0.25) is 9.59 Å². The van der Waals surface area contributed by atoms with Gasteiger partial charge in [-0.25, -0.2) is 0 Å². The summed E-state index contributed by atoms with van der Waals surface area (Å²) in [6, 6.07) is 21.4. The molecule has 3 aromatic carbocycles. The number of nitrogens with zero attached hydrogens (tertiary/aromatic N) is 1. The zero-order valence-electron chi connectivity index (χ0n) is 23.3. The van der Waals surface area contributed by atoms with Gasteiger partial charge in [0.05, 0.1) is 21.3 Å². The lowest BCUT2D eigenvalue weighted by molar-refractivity contribution is -0.143. The first kappa shape index (κ1) is 29.4. The summed E-state index contributed by atoms with van der Waals surface area (Å²) in [6.45, 7) is 3.88. The molecule has 0 radical (unpaired) electrons. The van der Waals surface area contributed by atoms with Gasteiger partial charge in [0.2, 0.25) is 5.91 Å². The molecule has 0 aliphatic rings. The molecule has 0 heterocycles. The summed E-state index contributed by atoms with van der Waals surface area (Å²) in [7, 11) is 4.68. The van der Waals surface area contributed by atoms with Gasteiger partial charge < -0.3 is 29.2 Å². The molecular formula is C31H38N2O6. The quantitative estimate of drug-likeness (QED) is 0.324. The molecule has 2 atom stereocenters. The van der Waals surface area contributed by atoms with E-state index in [1.165, 1.54) is 0 Å². The molecule has 3 aromatic rings. The van der Waals surface area contributed by atoms with E-state index in [-0.39, 0.29) is 31.0 Å². The van der Waals surface area contributed by atoms with E-state index in [0.717, 1.165) is 17.5 Å². The number of nitrogens with one attached hydrogen (secondary N) is 1. The SMILES string of the molecule is CCC(C)NC(=O)C(Cc1ccccc1)N(Cc1cccc(OC)c1)C(=O)COc1cc(OC)cc(OC)c1. The summed E-state index contributed by atoms with van der Waals surface area (Å²) in [5, 5.41) is 3.07. The van der Waals surface area contributed by atoms with Crippen molar-refractivity contribution in [1.82, 2.24) is 10.2 Å². The number of ether oxygens (including phenoxy) is 4. The normalized spacial score (nSPS) is 12.1. The van der Waals surface area contributed by atoms with E-state index < -0.39 is 6.04 Å². The van der Waals surface area contributed by atoms with Gasteiger partial charge in [0.25, 0.3) is 5.91 Å². The average Bonchev–Trinajstić information content (AvgIpc) is 2.97. The highest BCUT2D eigenvalue weighted by molar-refractivity contribution is 5.88. The molecule has 0 saturated carbocycles. The van der Waals surface area contributed by atoms with Gasteiger partial charge >= 0.3 is 0 Å². The Morgan fingerprint density at radius 1 is 0.795 bits per heavy atom. The zero-order valence-corrected chi connectivity index (χ0v) is 23.3. The third-order valence-electron chi connectivity index (χ3n) is 6.45. The topological polar surface area (TPSA) is 86.3 Å². The van der Waals surface area contributed by atoms with E-state index in [1.807, 2.05) is 68.4 Å². The van der Waals surface area contributed by atoms with Crippen molar-refractivity contribution in [3.05, 3.63) is 83.9 Å². The molecule has 0 saturated heterocycles. The maximum absolute atomic E-state index is 13.8. The van der Waals surface area contributed by atoms with Crippen molar-refractivity contribution in [2.45, 2.75) is 45.3 Å². The molecule has 39 heavy (non-hydrogen) atoms. The van der Waals surface area contributed by atoms with Gasteiger partial charge in [0.15, 0.2) is 6.61 Å². The highest BCUT2D eigenvalue weighted by atomic mass is 16.5. The third-order valence-corrected chi connectivity index (χ3v) is 6.45. The fourth-order valence-corrected chi connectivity index (χ4v) is 4.06. The standard InChI is InChI=1S/C31H38N2O6/c1-6-22(2)32-31(35)29(16-23-11-8-7-9-12-23)33(20-24-13-10-14-25(15-24)36-3)30(34)21-39-28-18-26(37-4)17-27(19-28)38-5/h7-15,17-19,22,29H,6,16,20-21H2,1-5H3,(H,32,35). The van der Waals surface area contributed by atoms with Crippen molar-refractivity contribution >= 4 is 11.8 Å². The minimum atomic E-state index is -0.761. The van der Waals surface area contributed by atoms with E-state index >= 15 is 0 Å². The Balaban J connectivity index is 1.94. The van der Waals surface area contributed by atoms with Gasteiger partial charge in [-0.2, -0.15) is 0 Å². The number of benzene rings is 3. The van der Waals surface area contributed by atoms with E-state index in [4.69, 9.17) is 18.9 Å². The lowest BCUT2D eigenvalue weighted by Crippen LogP contribution is -2.53. The molecule has 0 spiro atoms. The van der Waals surface area contributed by atoms with Crippen LogP contribution in [0.1, 0.15) is 31.4 Å². The lowest BCUT2D eigenvalue weighted by Gasteiger charge is -2.32. The number of carbonyl (C=O) groups excluding carboxylic acids is 2. The van der Waals surface area contributed by atoms with E-state index in [0.29, 0.717) is 29.4 Å². The van der Waals surface area contributed by atoms with E-state index in [9.17, 15) is 9.59 Å². The van der Waals surface area contributed by atoms with Crippen molar-refractivity contribution in [3.8, 4) is 23.0 Å². The van der Waals surface area contributed by atoms with Crippen molar-refractivity contribution in [3.63, 3.8) is 0 Å². The van der Waals surface area contributed by atoms with E-state index in [2.05, 4.69) is 5.32 Å². The fourth-order valence-electron chi connectivity index (χ4n) is 4.06. The van der Waals surface area contributed by atoms with Gasteiger partial charge in [-0.05, 0) is 36.6 Å². The summed E-state index contributed by atoms with van der Waals surface area (Å²) in [5.41, 5.74) is 1.78. The Bertz CT molecular complexity index is 1190. The summed E-state index contributed by atoms with van der Waals surface area (Å²) in [5.74, 6) is 1.63. The zero-order chi connectivity index (χ0) is 28.2. The van der Waals surface area contributed by atoms with Crippen LogP contribution in [0.3, 0.4) is 0 Å². The van der Waals surface area contributed by atoms with Crippen molar-refractivity contribution < 1.29 is 28.5 Å². The van der Waals surface area contributed by atoms with Crippen LogP contribution in [-0.4, -0.2) is 56.7 Å². The van der Waals surface area contributed by atoms with Gasteiger partial charge in [0.1, 0.15) is 29.0 Å². The van der Waals surface area contributed by atoms with Crippen LogP contribution in [0.5, 0.6) is 23.0 Å². The van der Waals surface area contributed by atoms with Crippen LogP contribution in [-0.2, 0) is 22.6 Å². The molecule has 3 rings (SSSR count). The largest absolute Gasteiger partial charge is 0.497 e. The van der Waals surface area contributed by atoms with Gasteiger partial charge in [0, 0.05) is 37.2 Å². The lowest BCUT2D eigenvalue weighted by atomic mass is 10.0. The Labute approximate surface area is 230 Å². The first-order valence-corrected chi connectivity index (χ1v) is 13.0. The number of methoxy groups -OCH3 is 3. The highest BCUT2D eigenvalue weighted by Gasteiger charge is 2.31. The van der Waals surface area contributed by atoms with Crippen LogP contribution >= 0.6 is 0 Å². The van der Waals surface area contributed by atoms with Crippen LogP contribution < -0.4 is 24.3 Å². The molecule has 1 N–H and O–H groups in total. The fraction of sp³-hybridized carbons (Fsp3) is 0.355. The van der Waals surface area contributed by atoms with Crippen molar-refractivity contribution in [2.24, 2.45) is 0 Å². The molecule has 2 amide bonds. The molecule has 8 nitrogen and oxygen atoms in total. The second kappa shape index (κ2) is 14.7. The Morgan fingerprint density at radius 3 is 2.03 bits per heavy atom. The smallest absolute Gasteiger partial charge is 0.261 e. The number of hydrogen-bond donors (Lipinski definition) is 1. The minimum absolute atomic E-state index is 0.0370. The minimum Gasteiger partial charge on any atom is -0.497 e. The van der Waals surface area contributed by atoms with Crippen LogP contribution in [0.2, 0.25) is 0 Å². The first-order chi connectivity index (χ1) is 18.9. The maximum atomic E-state index is 13.8. The Morgan fingerprint density at radius 2 is 1.41 bits per heavy atom. The highest BCUT2D eigenvalue weighted by Crippen LogP contribution is 2.27. The van der Waals surface area contributed by atoms with Crippen molar-refractivity contribution in [2.75, 3.05) is 27.9 Å². The molecule has 208 valence electrons. The van der Waals surface area contributed by atoms with Crippen LogP contribution in [0, 0.1) is 0 Å². The van der Waals surface area contributed by atoms with Gasteiger partial charge in [-0.1, -0.05) is 49.4 Å². The molecule has 0 fully saturated rings. The summed E-state index contributed by atoms with van der Waals surface area (Å²) >= 11 is 0. The average molecular weight is 535 g/mol. The number of rotatable bonds is 14. The summed E-state index contributed by atoms with van der Waals surface area (Å²) < 4.78 is 21.9. The summed E-state index contributed by atoms with van der Waals surface area (Å²) in [4.78, 5) is 29.0. The molecule has 2 unspecified atom stereocenters. The number of carbonyl (C=O) groups is 2. The molecule has 0 aromatic heterocycles. The van der Waals surface area contributed by atoms with Crippen LogP contribution in [0.25, 0.3) is 0 Å². The molecule has 0 aliphatic carbocycles. The molecule has 0 aliphatic heterocycles. The summed E-state index contributed by atoms with van der Waals surface area (Å²) in [6.07, 6.45) is 1.13. The number of hydrogen-bond acceptors (Lipinski definition) is 6. The molecular weight excluding hydrogens is 496 g/mol. The van der Waals surface area contributed by atoms with Gasteiger partial charge in [-0.15, -0.1) is 0 Å². The maximum Gasteiger partial charge on any atom is 0.261 e. The second-order valence-corrected chi connectivity index (χ2v) is 9.23. The van der Waals surface area contributed by atoms with E-state index in [1.54, 1.807) is 44.4 Å². The third kappa shape index (κ3) is 8.67. The monoisotopic (exact) mass is 534 g/mol. The predicted molar refractivity (Wildman–Crippen MR) is 150 cm³/mol. The Kier molecular flexibility index (Phi) is 11.0. The van der Waals surface area contributed by atoms with Crippen LogP contribution in [0.4, 0.5) is 0 Å². The Hall–Kier alpha value is -4.20. The first-order valence-electron chi connectivity index (χ1n) is 13.0. The van der Waals surface area contributed by atoms with Crippen LogP contribution in [0.15, 0.2) is 72.8 Å². The molecule has 8 heteroatoms.